The van der Waals surface area contributed by atoms with Crippen molar-refractivity contribution in [2.45, 2.75) is 63.4 Å². The molecule has 3 aliphatic rings. The minimum atomic E-state index is -3.52. The van der Waals surface area contributed by atoms with Gasteiger partial charge in [0.05, 0.1) is 29.4 Å². The molecule has 3 aliphatic heterocycles. The lowest BCUT2D eigenvalue weighted by Crippen LogP contribution is -2.62. The summed E-state index contributed by atoms with van der Waals surface area (Å²) in [6.07, 6.45) is 3.71. The van der Waals surface area contributed by atoms with Gasteiger partial charge in [0.15, 0.2) is 0 Å². The van der Waals surface area contributed by atoms with Crippen LogP contribution in [-0.2, 0) is 26.0 Å². The van der Waals surface area contributed by atoms with E-state index in [2.05, 4.69) is 15.6 Å². The average Bonchev–Trinajstić information content (AvgIpc) is 3.44. The van der Waals surface area contributed by atoms with Gasteiger partial charge in [-0.05, 0) is 26.2 Å². The van der Waals surface area contributed by atoms with Crippen molar-refractivity contribution in [3.63, 3.8) is 0 Å². The first-order valence-corrected chi connectivity index (χ1v) is 13.7. The zero-order valence-electron chi connectivity index (χ0n) is 18.8. The molecule has 4 rings (SSSR count). The Labute approximate surface area is 197 Å². The number of primary sulfonamides is 1. The molecule has 13 heteroatoms. The molecule has 33 heavy (non-hydrogen) atoms. The lowest BCUT2D eigenvalue weighted by Gasteiger charge is -2.47. The number of thioether (sulfide) groups is 1. The van der Waals surface area contributed by atoms with E-state index in [0.717, 1.165) is 12.1 Å². The largest absolute Gasteiger partial charge is 0.477 e. The molecule has 0 aromatic carbocycles. The molecule has 0 aliphatic carbocycles. The number of fused-ring (bicyclic) bond motifs is 1. The summed E-state index contributed by atoms with van der Waals surface area (Å²) in [6.45, 7) is 6.52. The summed E-state index contributed by atoms with van der Waals surface area (Å²) < 4.78 is 24.2. The van der Waals surface area contributed by atoms with Gasteiger partial charge >= 0.3 is 5.97 Å². The Kier molecular flexibility index (Phi) is 6.60. The van der Waals surface area contributed by atoms with Gasteiger partial charge in [-0.2, -0.15) is 0 Å². The molecule has 6 atom stereocenters. The second-order valence-corrected chi connectivity index (χ2v) is 12.1. The number of carbonyl (C=O) groups is 2. The monoisotopic (exact) mass is 498 g/mol. The Morgan fingerprint density at radius 1 is 1.45 bits per heavy atom. The van der Waals surface area contributed by atoms with Crippen LogP contribution in [0.3, 0.4) is 0 Å². The van der Waals surface area contributed by atoms with Crippen molar-refractivity contribution in [2.24, 2.45) is 17.0 Å². The minimum Gasteiger partial charge on any atom is -0.477 e. The highest BCUT2D eigenvalue weighted by atomic mass is 32.2. The minimum absolute atomic E-state index is 0.0120. The van der Waals surface area contributed by atoms with Crippen molar-refractivity contribution in [3.8, 4) is 0 Å². The van der Waals surface area contributed by atoms with Crippen LogP contribution in [0.15, 0.2) is 16.8 Å². The van der Waals surface area contributed by atoms with E-state index in [1.54, 1.807) is 4.68 Å². The number of aryl methyl sites for hydroxylation is 1. The van der Waals surface area contributed by atoms with Crippen LogP contribution in [0.4, 0.5) is 0 Å². The quantitative estimate of drug-likeness (QED) is 0.407. The van der Waals surface area contributed by atoms with Crippen molar-refractivity contribution in [1.82, 2.24) is 25.2 Å². The smallest absolute Gasteiger partial charge is 0.353 e. The van der Waals surface area contributed by atoms with Gasteiger partial charge < -0.3 is 15.3 Å². The van der Waals surface area contributed by atoms with Crippen LogP contribution < -0.4 is 10.5 Å². The van der Waals surface area contributed by atoms with Crippen molar-refractivity contribution >= 4 is 33.7 Å². The molecule has 11 nitrogen and oxygen atoms in total. The maximum Gasteiger partial charge on any atom is 0.353 e. The number of carboxylic acids is 1. The number of aromatic nitrogens is 3. The van der Waals surface area contributed by atoms with Gasteiger partial charge in [-0.15, -0.1) is 16.9 Å². The lowest BCUT2D eigenvalue weighted by molar-refractivity contribution is -0.159. The topological polar surface area (TPSA) is 161 Å². The molecule has 4 N–H and O–H groups in total. The highest BCUT2D eigenvalue weighted by Crippen LogP contribution is 2.53. The number of aliphatic carboxylic acids is 1. The van der Waals surface area contributed by atoms with Gasteiger partial charge in [-0.25, -0.2) is 23.0 Å². The molecule has 4 heterocycles. The van der Waals surface area contributed by atoms with Crippen molar-refractivity contribution < 1.29 is 23.1 Å². The number of nitrogens with one attached hydrogen (secondary N) is 1. The van der Waals surface area contributed by atoms with E-state index in [9.17, 15) is 23.1 Å². The molecule has 1 aromatic rings. The number of rotatable bonds is 9. The number of nitrogens with two attached hydrogens (primary N) is 1. The number of hydrogen-bond donors (Lipinski definition) is 3. The third-order valence-corrected chi connectivity index (χ3v) is 9.19. The molecular weight excluding hydrogens is 468 g/mol. The highest BCUT2D eigenvalue weighted by molar-refractivity contribution is 8.03. The second-order valence-electron chi connectivity index (χ2n) is 9.05. The number of carboxylic acid groups (broad SMARTS) is 1. The highest BCUT2D eigenvalue weighted by Gasteiger charge is 2.60. The molecule has 0 bridgehead atoms. The zero-order valence-corrected chi connectivity index (χ0v) is 20.5. The van der Waals surface area contributed by atoms with Gasteiger partial charge in [0.2, 0.25) is 15.9 Å². The van der Waals surface area contributed by atoms with E-state index < -0.39 is 16.0 Å². The Morgan fingerprint density at radius 3 is 2.79 bits per heavy atom. The first-order chi connectivity index (χ1) is 15.5. The summed E-state index contributed by atoms with van der Waals surface area (Å²) in [4.78, 5) is 27.4. The third-order valence-electron chi connectivity index (χ3n) is 6.87. The number of sulfonamides is 1. The Morgan fingerprint density at radius 2 is 2.18 bits per heavy atom. The van der Waals surface area contributed by atoms with Gasteiger partial charge in [0.1, 0.15) is 5.70 Å². The number of carbonyl (C=O) groups excluding carboxylic acids is 1. The average molecular weight is 499 g/mol. The van der Waals surface area contributed by atoms with Gasteiger partial charge in [0, 0.05) is 34.9 Å². The summed E-state index contributed by atoms with van der Waals surface area (Å²) >= 11 is 1.49. The van der Waals surface area contributed by atoms with Crippen molar-refractivity contribution in [3.05, 3.63) is 22.5 Å². The van der Waals surface area contributed by atoms with Crippen LogP contribution >= 0.6 is 11.8 Å². The second kappa shape index (κ2) is 9.01. The summed E-state index contributed by atoms with van der Waals surface area (Å²) in [5.74, 6) is -1.88. The van der Waals surface area contributed by atoms with Gasteiger partial charge in [0.25, 0.3) is 0 Å². The predicted molar refractivity (Wildman–Crippen MR) is 122 cm³/mol. The molecule has 0 spiro atoms. The van der Waals surface area contributed by atoms with Gasteiger partial charge in [-0.3, -0.25) is 4.79 Å². The van der Waals surface area contributed by atoms with Crippen LogP contribution in [0, 0.1) is 11.8 Å². The van der Waals surface area contributed by atoms with Crippen LogP contribution in [0.5, 0.6) is 0 Å². The fraction of sp³-hybridized carbons (Fsp3) is 0.700. The molecule has 2 saturated heterocycles. The molecule has 0 radical (unpaired) electrons. The summed E-state index contributed by atoms with van der Waals surface area (Å²) in [5.41, 5.74) is 0.919. The van der Waals surface area contributed by atoms with E-state index in [-0.39, 0.29) is 52.6 Å². The van der Waals surface area contributed by atoms with Crippen LogP contribution in [0.25, 0.3) is 0 Å². The molecule has 1 aromatic heterocycles. The number of β-lactam (4-membered cyclic amide) rings is 1. The standard InChI is InChI=1S/C20H30N6O5S2/c1-4-12-9-25(24-23-12)11(3)15-16-10(2)18(17(20(28)29)26(16)19(15)27)32-14-7-13(22-8-14)5-6-33(21,30)31/h9-11,13-16,22H,4-8H2,1-3H3,(H,28,29)(H2,21,30,31)/t10-,11-,13-,14+,15-,16-/m1/s1. The first kappa shape index (κ1) is 24.2. The molecule has 0 unspecified atom stereocenters. The van der Waals surface area contributed by atoms with Crippen LogP contribution in [-0.4, -0.2) is 74.9 Å². The Hall–Kier alpha value is -1.96. The normalized spacial score (nSPS) is 30.5. The zero-order chi connectivity index (χ0) is 24.1. The van der Waals surface area contributed by atoms with Crippen LogP contribution in [0.2, 0.25) is 0 Å². The van der Waals surface area contributed by atoms with E-state index in [0.29, 0.717) is 24.3 Å². The van der Waals surface area contributed by atoms with Crippen molar-refractivity contribution in [2.75, 3.05) is 12.3 Å². The fourth-order valence-corrected chi connectivity index (χ4v) is 7.23. The maximum atomic E-state index is 13.1. The number of nitrogens with zero attached hydrogens (tertiary/aromatic N) is 4. The Balaban J connectivity index is 1.48. The molecule has 2 fully saturated rings. The first-order valence-electron chi connectivity index (χ1n) is 11.1. The predicted octanol–water partition coefficient (Wildman–Crippen LogP) is 0.317. The third kappa shape index (κ3) is 4.55. The Bertz CT molecular complexity index is 1090. The number of hydrogen-bond acceptors (Lipinski definition) is 8. The molecule has 1 amide bonds. The lowest BCUT2D eigenvalue weighted by atomic mass is 9.78. The van der Waals surface area contributed by atoms with Crippen molar-refractivity contribution in [1.29, 1.82) is 0 Å². The maximum absolute atomic E-state index is 13.1. The van der Waals surface area contributed by atoms with E-state index in [1.165, 1.54) is 16.7 Å². The van der Waals surface area contributed by atoms with E-state index in [4.69, 9.17) is 5.14 Å². The van der Waals surface area contributed by atoms with Gasteiger partial charge in [-0.1, -0.05) is 19.1 Å². The summed E-state index contributed by atoms with van der Waals surface area (Å²) in [5, 5.41) is 26.7. The van der Waals surface area contributed by atoms with E-state index in [1.807, 2.05) is 27.0 Å². The summed E-state index contributed by atoms with van der Waals surface area (Å²) in [6, 6.07) is -0.454. The van der Waals surface area contributed by atoms with E-state index >= 15 is 0 Å². The SMILES string of the molecule is CCc1cn([C@H](C)[C@H]2C(=O)N3C(C(=O)O)=C(S[C@@H]4CN[C@H](CCS(N)(=O)=O)C4)[C@H](C)[C@H]23)nn1. The number of amides is 1. The molecule has 182 valence electrons. The summed E-state index contributed by atoms with van der Waals surface area (Å²) in [7, 11) is -3.52. The molecule has 0 saturated carbocycles. The fourth-order valence-electron chi connectivity index (χ4n) is 5.10. The van der Waals surface area contributed by atoms with Crippen LogP contribution in [0.1, 0.15) is 45.3 Å². The molecular formula is C20H30N6O5S2.